The molecule has 28 heavy (non-hydrogen) atoms. The van der Waals surface area contributed by atoms with Crippen LogP contribution >= 0.6 is 0 Å². The van der Waals surface area contributed by atoms with Crippen LogP contribution in [0, 0.1) is 0 Å². The zero-order valence-corrected chi connectivity index (χ0v) is 16.0. The van der Waals surface area contributed by atoms with Gasteiger partial charge >= 0.3 is 0 Å². The van der Waals surface area contributed by atoms with Crippen LogP contribution in [0.25, 0.3) is 0 Å². The van der Waals surface area contributed by atoms with Crippen LogP contribution in [0.1, 0.15) is 36.2 Å². The van der Waals surface area contributed by atoms with Gasteiger partial charge in [0.2, 0.25) is 5.91 Å². The first-order valence-electron chi connectivity index (χ1n) is 9.56. The molecule has 9 nitrogen and oxygen atoms in total. The summed E-state index contributed by atoms with van der Waals surface area (Å²) in [4.78, 5) is 14.3. The van der Waals surface area contributed by atoms with Gasteiger partial charge in [-0.15, -0.1) is 10.2 Å². The molecule has 0 atom stereocenters. The highest BCUT2D eigenvalue weighted by Crippen LogP contribution is 2.26. The molecule has 4 rings (SSSR count). The van der Waals surface area contributed by atoms with Crippen LogP contribution < -0.4 is 5.32 Å². The molecule has 1 aliphatic rings. The minimum Gasteiger partial charge on any atom is -0.467 e. The molecule has 0 spiro atoms. The quantitative estimate of drug-likeness (QED) is 0.658. The summed E-state index contributed by atoms with van der Waals surface area (Å²) >= 11 is 0. The lowest BCUT2D eigenvalue weighted by molar-refractivity contribution is -0.122. The number of rotatable bonds is 7. The Balaban J connectivity index is 1.26. The van der Waals surface area contributed by atoms with Gasteiger partial charge in [-0.2, -0.15) is 5.10 Å². The van der Waals surface area contributed by atoms with Crippen LogP contribution in [0.4, 0.5) is 0 Å². The van der Waals surface area contributed by atoms with E-state index in [0.29, 0.717) is 25.6 Å². The van der Waals surface area contributed by atoms with Crippen LogP contribution in [0.3, 0.4) is 0 Å². The van der Waals surface area contributed by atoms with Gasteiger partial charge in [0, 0.05) is 25.4 Å². The number of nitrogens with zero attached hydrogens (tertiary/aromatic N) is 6. The van der Waals surface area contributed by atoms with Gasteiger partial charge in [-0.25, -0.2) is 0 Å². The van der Waals surface area contributed by atoms with E-state index in [1.165, 1.54) is 0 Å². The second-order valence-electron chi connectivity index (χ2n) is 7.14. The van der Waals surface area contributed by atoms with Crippen molar-refractivity contribution in [3.63, 3.8) is 0 Å². The molecule has 1 aliphatic heterocycles. The molecule has 0 aliphatic carbocycles. The number of carbonyl (C=O) groups is 1. The minimum absolute atomic E-state index is 0.0232. The van der Waals surface area contributed by atoms with Crippen molar-refractivity contribution in [1.29, 1.82) is 0 Å². The number of furan rings is 1. The summed E-state index contributed by atoms with van der Waals surface area (Å²) in [6, 6.07) is 5.57. The minimum atomic E-state index is 0.0232. The molecule has 3 aromatic rings. The van der Waals surface area contributed by atoms with E-state index in [9.17, 15) is 4.79 Å². The maximum atomic E-state index is 12.1. The Bertz CT molecular complexity index is 878. The van der Waals surface area contributed by atoms with Crippen LogP contribution in [0.2, 0.25) is 0 Å². The SMILES string of the molecule is Cn1c(Cn2cccn2)nnc1C1CCN(CC(=O)NCc2ccco2)CC1. The second kappa shape index (κ2) is 8.39. The Labute approximate surface area is 163 Å². The van der Waals surface area contributed by atoms with E-state index in [1.54, 1.807) is 12.5 Å². The standard InChI is InChI=1S/C19H25N7O2/c1-24-17(13-26-8-3-7-21-26)22-23-19(24)15-5-9-25(10-6-15)14-18(27)20-12-16-4-2-11-28-16/h2-4,7-8,11,15H,5-6,9-10,12-14H2,1H3,(H,20,27). The van der Waals surface area contributed by atoms with E-state index in [0.717, 1.165) is 43.3 Å². The van der Waals surface area contributed by atoms with Crippen molar-refractivity contribution in [2.45, 2.75) is 31.8 Å². The highest BCUT2D eigenvalue weighted by Gasteiger charge is 2.26. The predicted molar refractivity (Wildman–Crippen MR) is 101 cm³/mol. The third-order valence-corrected chi connectivity index (χ3v) is 5.22. The molecule has 1 saturated heterocycles. The van der Waals surface area contributed by atoms with Crippen molar-refractivity contribution in [3.05, 3.63) is 54.3 Å². The second-order valence-corrected chi connectivity index (χ2v) is 7.14. The van der Waals surface area contributed by atoms with Gasteiger partial charge in [0.25, 0.3) is 0 Å². The molecular weight excluding hydrogens is 358 g/mol. The lowest BCUT2D eigenvalue weighted by Crippen LogP contribution is -2.41. The van der Waals surface area contributed by atoms with Crippen molar-refractivity contribution in [2.24, 2.45) is 7.05 Å². The number of piperidine rings is 1. The average Bonchev–Trinajstić information content (AvgIpc) is 3.45. The van der Waals surface area contributed by atoms with E-state index in [2.05, 4.69) is 30.1 Å². The number of carbonyl (C=O) groups excluding carboxylic acids is 1. The Kier molecular flexibility index (Phi) is 5.52. The van der Waals surface area contributed by atoms with Gasteiger partial charge in [0.05, 0.1) is 19.4 Å². The molecule has 9 heteroatoms. The van der Waals surface area contributed by atoms with Crippen molar-refractivity contribution in [1.82, 2.24) is 34.8 Å². The Morgan fingerprint density at radius 3 is 2.86 bits per heavy atom. The molecule has 1 fully saturated rings. The summed E-state index contributed by atoms with van der Waals surface area (Å²) < 4.78 is 9.16. The van der Waals surface area contributed by atoms with Gasteiger partial charge in [0.15, 0.2) is 5.82 Å². The summed E-state index contributed by atoms with van der Waals surface area (Å²) in [5.74, 6) is 3.07. The monoisotopic (exact) mass is 383 g/mol. The highest BCUT2D eigenvalue weighted by molar-refractivity contribution is 5.77. The average molecular weight is 383 g/mol. The number of nitrogens with one attached hydrogen (secondary N) is 1. The first-order chi connectivity index (χ1) is 13.7. The van der Waals surface area contributed by atoms with E-state index in [-0.39, 0.29) is 5.91 Å². The third kappa shape index (κ3) is 4.30. The number of hydrogen-bond acceptors (Lipinski definition) is 6. The molecule has 3 aromatic heterocycles. The predicted octanol–water partition coefficient (Wildman–Crippen LogP) is 1.15. The maximum Gasteiger partial charge on any atom is 0.234 e. The fourth-order valence-corrected chi connectivity index (χ4v) is 3.61. The molecular formula is C19H25N7O2. The van der Waals surface area contributed by atoms with E-state index < -0.39 is 0 Å². The smallest absolute Gasteiger partial charge is 0.234 e. The Hall–Kier alpha value is -2.94. The zero-order chi connectivity index (χ0) is 19.3. The number of amides is 1. The molecule has 0 saturated carbocycles. The lowest BCUT2D eigenvalue weighted by atomic mass is 9.96. The summed E-state index contributed by atoms with van der Waals surface area (Å²) in [6.07, 6.45) is 7.24. The zero-order valence-electron chi connectivity index (χ0n) is 16.0. The molecule has 1 N–H and O–H groups in total. The Morgan fingerprint density at radius 1 is 1.29 bits per heavy atom. The van der Waals surface area contributed by atoms with E-state index >= 15 is 0 Å². The normalized spacial score (nSPS) is 15.8. The van der Waals surface area contributed by atoms with Crippen LogP contribution in [0.5, 0.6) is 0 Å². The molecule has 0 radical (unpaired) electrons. The van der Waals surface area contributed by atoms with Gasteiger partial charge in [0.1, 0.15) is 18.1 Å². The third-order valence-electron chi connectivity index (χ3n) is 5.22. The van der Waals surface area contributed by atoms with Crippen LogP contribution in [-0.2, 0) is 24.9 Å². The molecule has 0 unspecified atom stereocenters. The molecule has 148 valence electrons. The first kappa shape index (κ1) is 18.4. The molecule has 0 aromatic carbocycles. The first-order valence-corrected chi connectivity index (χ1v) is 9.56. The molecule has 0 bridgehead atoms. The number of hydrogen-bond donors (Lipinski definition) is 1. The summed E-state index contributed by atoms with van der Waals surface area (Å²) in [6.45, 7) is 3.21. The van der Waals surface area contributed by atoms with E-state index in [1.807, 2.05) is 36.1 Å². The highest BCUT2D eigenvalue weighted by atomic mass is 16.3. The van der Waals surface area contributed by atoms with Gasteiger partial charge in [-0.1, -0.05) is 0 Å². The van der Waals surface area contributed by atoms with E-state index in [4.69, 9.17) is 4.42 Å². The lowest BCUT2D eigenvalue weighted by Gasteiger charge is -2.30. The van der Waals surface area contributed by atoms with Crippen molar-refractivity contribution >= 4 is 5.91 Å². The van der Waals surface area contributed by atoms with Gasteiger partial charge < -0.3 is 14.3 Å². The van der Waals surface area contributed by atoms with Crippen molar-refractivity contribution in [3.8, 4) is 0 Å². The topological polar surface area (TPSA) is 94.0 Å². The fraction of sp³-hybridized carbons (Fsp3) is 0.474. The van der Waals surface area contributed by atoms with Crippen LogP contribution in [0.15, 0.2) is 41.3 Å². The van der Waals surface area contributed by atoms with Gasteiger partial charge in [-0.05, 0) is 44.1 Å². The number of likely N-dealkylation sites (tertiary alicyclic amines) is 1. The summed E-state index contributed by atoms with van der Waals surface area (Å²) in [7, 11) is 2.02. The summed E-state index contributed by atoms with van der Waals surface area (Å²) in [5.41, 5.74) is 0. The largest absolute Gasteiger partial charge is 0.467 e. The van der Waals surface area contributed by atoms with Crippen molar-refractivity contribution in [2.75, 3.05) is 19.6 Å². The number of aromatic nitrogens is 5. The van der Waals surface area contributed by atoms with Crippen molar-refractivity contribution < 1.29 is 9.21 Å². The maximum absolute atomic E-state index is 12.1. The molecule has 4 heterocycles. The van der Waals surface area contributed by atoms with Gasteiger partial charge in [-0.3, -0.25) is 14.4 Å². The summed E-state index contributed by atoms with van der Waals surface area (Å²) in [5, 5.41) is 15.9. The fourth-order valence-electron chi connectivity index (χ4n) is 3.61. The Morgan fingerprint density at radius 2 is 2.14 bits per heavy atom. The molecule has 1 amide bonds. The van der Waals surface area contributed by atoms with Crippen LogP contribution in [-0.4, -0.2) is 55.0 Å².